The highest BCUT2D eigenvalue weighted by molar-refractivity contribution is 6.30. The van der Waals surface area contributed by atoms with Crippen LogP contribution in [0.15, 0.2) is 35.4 Å². The lowest BCUT2D eigenvalue weighted by atomic mass is 9.86. The summed E-state index contributed by atoms with van der Waals surface area (Å²) in [6.07, 6.45) is 0. The van der Waals surface area contributed by atoms with Gasteiger partial charge < -0.3 is 0 Å². The Labute approximate surface area is 113 Å². The number of nitrogens with zero attached hydrogens (tertiary/aromatic N) is 1. The summed E-state index contributed by atoms with van der Waals surface area (Å²) in [7, 11) is 0. The van der Waals surface area contributed by atoms with Crippen molar-refractivity contribution in [1.82, 2.24) is 5.43 Å². The number of halogens is 1. The first kappa shape index (κ1) is 14.7. The van der Waals surface area contributed by atoms with Crippen LogP contribution in [-0.2, 0) is 4.79 Å². The Morgan fingerprint density at radius 2 is 1.83 bits per heavy atom. The van der Waals surface area contributed by atoms with Gasteiger partial charge in [0.05, 0.1) is 5.71 Å². The first-order valence-corrected chi connectivity index (χ1v) is 6.33. The van der Waals surface area contributed by atoms with Gasteiger partial charge in [0, 0.05) is 5.41 Å². The van der Waals surface area contributed by atoms with Gasteiger partial charge in [-0.1, -0.05) is 51.1 Å². The van der Waals surface area contributed by atoms with Crippen LogP contribution in [0.1, 0.15) is 33.3 Å². The third kappa shape index (κ3) is 4.15. The predicted octanol–water partition coefficient (Wildman–Crippen LogP) is 3.18. The number of hydrazone groups is 1. The standard InChI is InChI=1S/C14H19ClN2O/c1-10(15)13(18)17-16-12(14(2,3)4)11-8-6-5-7-9-11/h5-10H,1-4H3,(H,17,18)/b16-12-. The fraction of sp³-hybridized carbons (Fsp3) is 0.429. The molecule has 0 bridgehead atoms. The zero-order valence-electron chi connectivity index (χ0n) is 11.2. The molecule has 0 spiro atoms. The maximum atomic E-state index is 11.5. The number of carbonyl (C=O) groups is 1. The van der Waals surface area contributed by atoms with E-state index in [1.54, 1.807) is 6.92 Å². The minimum absolute atomic E-state index is 0.163. The van der Waals surface area contributed by atoms with Gasteiger partial charge in [-0.25, -0.2) is 5.43 Å². The summed E-state index contributed by atoms with van der Waals surface area (Å²) < 4.78 is 0. The van der Waals surface area contributed by atoms with Crippen LogP contribution in [0, 0.1) is 5.41 Å². The lowest BCUT2D eigenvalue weighted by Crippen LogP contribution is -2.30. The molecule has 1 amide bonds. The maximum Gasteiger partial charge on any atom is 0.257 e. The third-order valence-electron chi connectivity index (χ3n) is 2.40. The van der Waals surface area contributed by atoms with Gasteiger partial charge in [0.25, 0.3) is 5.91 Å². The van der Waals surface area contributed by atoms with Crippen LogP contribution < -0.4 is 5.43 Å². The minimum Gasteiger partial charge on any atom is -0.271 e. The molecule has 1 atom stereocenters. The van der Waals surface area contributed by atoms with E-state index >= 15 is 0 Å². The average molecular weight is 267 g/mol. The van der Waals surface area contributed by atoms with E-state index in [2.05, 4.69) is 31.3 Å². The smallest absolute Gasteiger partial charge is 0.257 e. The molecule has 0 aliphatic carbocycles. The van der Waals surface area contributed by atoms with Crippen molar-refractivity contribution in [3.05, 3.63) is 35.9 Å². The number of carbonyl (C=O) groups excluding carboxylic acids is 1. The molecule has 1 aromatic rings. The van der Waals surface area contributed by atoms with Crippen molar-refractivity contribution in [2.75, 3.05) is 0 Å². The Hall–Kier alpha value is -1.35. The first-order valence-electron chi connectivity index (χ1n) is 5.90. The molecule has 0 saturated carbocycles. The Kier molecular flexibility index (Phi) is 4.91. The largest absolute Gasteiger partial charge is 0.271 e. The SMILES string of the molecule is CC(Cl)C(=O)N/N=C(/c1ccccc1)C(C)(C)C. The van der Waals surface area contributed by atoms with E-state index in [9.17, 15) is 4.79 Å². The molecule has 3 nitrogen and oxygen atoms in total. The lowest BCUT2D eigenvalue weighted by molar-refractivity contribution is -0.120. The van der Waals surface area contributed by atoms with E-state index in [1.807, 2.05) is 30.3 Å². The number of nitrogens with one attached hydrogen (secondary N) is 1. The Morgan fingerprint density at radius 3 is 2.28 bits per heavy atom. The zero-order chi connectivity index (χ0) is 13.8. The molecular formula is C14H19ClN2O. The van der Waals surface area contributed by atoms with Gasteiger partial charge in [-0.15, -0.1) is 11.6 Å². The summed E-state index contributed by atoms with van der Waals surface area (Å²) in [4.78, 5) is 11.5. The molecule has 1 aromatic carbocycles. The molecule has 0 fully saturated rings. The topological polar surface area (TPSA) is 41.5 Å². The molecule has 1 N–H and O–H groups in total. The van der Waals surface area contributed by atoms with E-state index < -0.39 is 5.38 Å². The Bertz CT molecular complexity index is 433. The number of benzene rings is 1. The van der Waals surface area contributed by atoms with Crippen molar-refractivity contribution in [3.8, 4) is 0 Å². The van der Waals surface area contributed by atoms with Crippen molar-refractivity contribution in [2.24, 2.45) is 10.5 Å². The summed E-state index contributed by atoms with van der Waals surface area (Å²) in [5.74, 6) is -0.297. The van der Waals surface area contributed by atoms with Crippen LogP contribution in [0.4, 0.5) is 0 Å². The van der Waals surface area contributed by atoms with E-state index in [4.69, 9.17) is 11.6 Å². The molecular weight excluding hydrogens is 248 g/mol. The number of hydrogen-bond acceptors (Lipinski definition) is 2. The number of alkyl halides is 1. The average Bonchev–Trinajstić information content (AvgIpc) is 2.28. The van der Waals surface area contributed by atoms with Crippen molar-refractivity contribution in [3.63, 3.8) is 0 Å². The highest BCUT2D eigenvalue weighted by Crippen LogP contribution is 2.21. The van der Waals surface area contributed by atoms with Crippen LogP contribution >= 0.6 is 11.6 Å². The van der Waals surface area contributed by atoms with Gasteiger partial charge in [0.2, 0.25) is 0 Å². The van der Waals surface area contributed by atoms with Gasteiger partial charge in [-0.3, -0.25) is 4.79 Å². The molecule has 0 heterocycles. The van der Waals surface area contributed by atoms with Crippen LogP contribution in [0.2, 0.25) is 0 Å². The molecule has 0 saturated heterocycles. The highest BCUT2D eigenvalue weighted by Gasteiger charge is 2.21. The van der Waals surface area contributed by atoms with E-state index in [1.165, 1.54) is 0 Å². The highest BCUT2D eigenvalue weighted by atomic mass is 35.5. The molecule has 18 heavy (non-hydrogen) atoms. The first-order chi connectivity index (χ1) is 8.32. The molecule has 0 aliphatic rings. The Morgan fingerprint density at radius 1 is 1.28 bits per heavy atom. The van der Waals surface area contributed by atoms with Crippen LogP contribution in [0.3, 0.4) is 0 Å². The van der Waals surface area contributed by atoms with Crippen molar-refractivity contribution < 1.29 is 4.79 Å². The van der Waals surface area contributed by atoms with Crippen molar-refractivity contribution >= 4 is 23.2 Å². The van der Waals surface area contributed by atoms with Gasteiger partial charge in [0.15, 0.2) is 0 Å². The molecule has 0 aliphatic heterocycles. The van der Waals surface area contributed by atoms with Crippen LogP contribution in [-0.4, -0.2) is 17.0 Å². The fourth-order valence-electron chi connectivity index (χ4n) is 1.46. The second-order valence-corrected chi connectivity index (χ2v) is 5.82. The van der Waals surface area contributed by atoms with Gasteiger partial charge in [-0.2, -0.15) is 5.10 Å². The predicted molar refractivity (Wildman–Crippen MR) is 75.9 cm³/mol. The summed E-state index contributed by atoms with van der Waals surface area (Å²) in [6.45, 7) is 7.77. The second kappa shape index (κ2) is 6.01. The number of rotatable bonds is 3. The molecule has 4 heteroatoms. The molecule has 0 aromatic heterocycles. The van der Waals surface area contributed by atoms with Crippen LogP contribution in [0.5, 0.6) is 0 Å². The molecule has 98 valence electrons. The van der Waals surface area contributed by atoms with E-state index in [-0.39, 0.29) is 11.3 Å². The minimum atomic E-state index is -0.592. The summed E-state index contributed by atoms with van der Waals surface area (Å²) >= 11 is 5.69. The van der Waals surface area contributed by atoms with Gasteiger partial charge >= 0.3 is 0 Å². The monoisotopic (exact) mass is 266 g/mol. The lowest BCUT2D eigenvalue weighted by Gasteiger charge is -2.21. The third-order valence-corrected chi connectivity index (χ3v) is 2.60. The normalized spacial score (nSPS) is 14.2. The summed E-state index contributed by atoms with van der Waals surface area (Å²) in [6, 6.07) is 9.79. The molecule has 1 unspecified atom stereocenters. The van der Waals surface area contributed by atoms with Gasteiger partial charge in [0.1, 0.15) is 5.38 Å². The molecule has 1 rings (SSSR count). The van der Waals surface area contributed by atoms with Crippen molar-refractivity contribution in [1.29, 1.82) is 0 Å². The van der Waals surface area contributed by atoms with Crippen molar-refractivity contribution in [2.45, 2.75) is 33.1 Å². The number of hydrogen-bond donors (Lipinski definition) is 1. The fourth-order valence-corrected chi connectivity index (χ4v) is 1.51. The zero-order valence-corrected chi connectivity index (χ0v) is 12.0. The summed E-state index contributed by atoms with van der Waals surface area (Å²) in [5.41, 5.74) is 4.16. The van der Waals surface area contributed by atoms with E-state index in [0.29, 0.717) is 0 Å². The van der Waals surface area contributed by atoms with Gasteiger partial charge in [-0.05, 0) is 12.5 Å². The number of amides is 1. The molecule has 0 radical (unpaired) electrons. The quantitative estimate of drug-likeness (QED) is 0.510. The Balaban J connectivity index is 3.01. The van der Waals surface area contributed by atoms with Crippen LogP contribution in [0.25, 0.3) is 0 Å². The maximum absolute atomic E-state index is 11.5. The van der Waals surface area contributed by atoms with E-state index in [0.717, 1.165) is 11.3 Å². The summed E-state index contributed by atoms with van der Waals surface area (Å²) in [5, 5.41) is 3.63. The second-order valence-electron chi connectivity index (χ2n) is 5.17.